The van der Waals surface area contributed by atoms with Crippen molar-refractivity contribution in [2.45, 2.75) is 6.92 Å². The zero-order chi connectivity index (χ0) is 7.28. The van der Waals surface area contributed by atoms with Crippen molar-refractivity contribution >= 4 is 0 Å². The van der Waals surface area contributed by atoms with Gasteiger partial charge < -0.3 is 0 Å². The van der Waals surface area contributed by atoms with Gasteiger partial charge in [0.25, 0.3) is 0 Å². The van der Waals surface area contributed by atoms with Gasteiger partial charge in [-0.25, -0.2) is 0 Å². The molecule has 0 saturated carbocycles. The molecular weight excluding hydrogens is 108 g/mol. The van der Waals surface area contributed by atoms with Gasteiger partial charge in [-0.05, 0) is 18.1 Å². The zero-order valence-corrected chi connectivity index (χ0v) is 5.85. The molecule has 0 amide bonds. The number of rotatable bonds is 3. The molecule has 0 N–H and O–H groups in total. The van der Waals surface area contributed by atoms with E-state index in [1.54, 1.807) is 12.2 Å². The van der Waals surface area contributed by atoms with Crippen molar-refractivity contribution < 1.29 is 0 Å². The first-order valence-electron chi connectivity index (χ1n) is 2.86. The van der Waals surface area contributed by atoms with Gasteiger partial charge in [-0.1, -0.05) is 38.0 Å². The first kappa shape index (κ1) is 7.96. The average molecular weight is 120 g/mol. The molecule has 0 rings (SSSR count). The molecule has 0 unspecified atom stereocenters. The maximum atomic E-state index is 3.76. The highest BCUT2D eigenvalue weighted by molar-refractivity contribution is 5.42. The lowest BCUT2D eigenvalue weighted by molar-refractivity contribution is 1.54. The van der Waals surface area contributed by atoms with Gasteiger partial charge in [0.15, 0.2) is 0 Å². The van der Waals surface area contributed by atoms with Gasteiger partial charge in [0.1, 0.15) is 0 Å². The minimum absolute atomic E-state index is 0.924. The first-order chi connectivity index (χ1) is 4.26. The third kappa shape index (κ3) is 2.13. The minimum atomic E-state index is 0.924. The van der Waals surface area contributed by atoms with Crippen molar-refractivity contribution in [2.24, 2.45) is 0 Å². The Morgan fingerprint density at radius 2 is 1.78 bits per heavy atom. The third-order valence-electron chi connectivity index (χ3n) is 1.15. The highest BCUT2D eigenvalue weighted by Gasteiger charge is 1.88. The van der Waals surface area contributed by atoms with E-state index < -0.39 is 0 Å². The Balaban J connectivity index is 4.31. The summed E-state index contributed by atoms with van der Waals surface area (Å²) >= 11 is 0. The quantitative estimate of drug-likeness (QED) is 0.502. The summed E-state index contributed by atoms with van der Waals surface area (Å²) in [6.07, 6.45) is 5.44. The monoisotopic (exact) mass is 120 g/mol. The summed E-state index contributed by atoms with van der Waals surface area (Å²) in [7, 11) is 0. The lowest BCUT2D eigenvalue weighted by Gasteiger charge is -1.96. The molecule has 0 nitrogen and oxygen atoms in total. The van der Waals surface area contributed by atoms with Crippen molar-refractivity contribution in [3.8, 4) is 0 Å². The van der Waals surface area contributed by atoms with E-state index in [-0.39, 0.29) is 0 Å². The van der Waals surface area contributed by atoms with Gasteiger partial charge in [0.05, 0.1) is 0 Å². The van der Waals surface area contributed by atoms with Crippen molar-refractivity contribution in [1.82, 2.24) is 0 Å². The van der Waals surface area contributed by atoms with E-state index in [1.165, 1.54) is 0 Å². The highest BCUT2D eigenvalue weighted by atomic mass is 13.9. The van der Waals surface area contributed by atoms with Gasteiger partial charge in [-0.3, -0.25) is 0 Å². The van der Waals surface area contributed by atoms with Crippen LogP contribution in [0.15, 0.2) is 49.1 Å². The summed E-state index contributed by atoms with van der Waals surface area (Å²) in [5.74, 6) is 0. The van der Waals surface area contributed by atoms with Crippen molar-refractivity contribution in [3.63, 3.8) is 0 Å². The summed E-state index contributed by atoms with van der Waals surface area (Å²) in [4.78, 5) is 0. The van der Waals surface area contributed by atoms with Gasteiger partial charge in [-0.2, -0.15) is 0 Å². The first-order valence-corrected chi connectivity index (χ1v) is 2.86. The highest BCUT2D eigenvalue weighted by Crippen LogP contribution is 2.07. The Morgan fingerprint density at radius 1 is 1.22 bits per heavy atom. The second kappa shape index (κ2) is 3.90. The Kier molecular flexibility index (Phi) is 3.45. The lowest BCUT2D eigenvalue weighted by Crippen LogP contribution is -1.76. The second-order valence-corrected chi connectivity index (χ2v) is 1.68. The van der Waals surface area contributed by atoms with Crippen LogP contribution in [-0.4, -0.2) is 0 Å². The fraction of sp³-hybridized carbons (Fsp3) is 0.111. The van der Waals surface area contributed by atoms with Crippen LogP contribution in [0.25, 0.3) is 0 Å². The predicted octanol–water partition coefficient (Wildman–Crippen LogP) is 2.86. The fourth-order valence-electron chi connectivity index (χ4n) is 0.552. The molecule has 0 aliphatic carbocycles. The maximum absolute atomic E-state index is 3.76. The molecule has 0 spiro atoms. The molecule has 48 valence electrons. The fourth-order valence-corrected chi connectivity index (χ4v) is 0.552. The predicted molar refractivity (Wildman–Crippen MR) is 43.3 cm³/mol. The second-order valence-electron chi connectivity index (χ2n) is 1.68. The van der Waals surface area contributed by atoms with Crippen LogP contribution in [0.5, 0.6) is 0 Å². The molecular formula is C9H12. The van der Waals surface area contributed by atoms with Gasteiger partial charge >= 0.3 is 0 Å². The van der Waals surface area contributed by atoms with Crippen LogP contribution in [0.4, 0.5) is 0 Å². The van der Waals surface area contributed by atoms with Crippen LogP contribution < -0.4 is 0 Å². The normalized spacial score (nSPS) is 10.6. The Morgan fingerprint density at radius 3 is 1.89 bits per heavy atom. The van der Waals surface area contributed by atoms with E-state index in [4.69, 9.17) is 0 Å². The van der Waals surface area contributed by atoms with E-state index in [0.29, 0.717) is 0 Å². The van der Waals surface area contributed by atoms with Crippen LogP contribution in [-0.2, 0) is 0 Å². The molecule has 0 fully saturated rings. The average Bonchev–Trinajstić information content (AvgIpc) is 1.90. The molecule has 0 aromatic carbocycles. The Hall–Kier alpha value is -1.04. The molecule has 0 atom stereocenters. The van der Waals surface area contributed by atoms with Crippen LogP contribution in [0, 0.1) is 0 Å². The molecule has 0 saturated heterocycles. The summed E-state index contributed by atoms with van der Waals surface area (Å²) in [6, 6.07) is 0. The molecule has 0 heterocycles. The third-order valence-corrected chi connectivity index (χ3v) is 1.15. The summed E-state index contributed by atoms with van der Waals surface area (Å²) in [6.45, 7) is 12.9. The summed E-state index contributed by atoms with van der Waals surface area (Å²) in [5.41, 5.74) is 1.97. The molecule has 9 heavy (non-hydrogen) atoms. The standard InChI is InChI=1S/C9H12/c1-5-8(4)9(6-2)7-3/h5-7H,1-2,4H2,3H3/b9-7-. The smallest absolute Gasteiger partial charge is 0.0239 e. The number of hydrogen-bond donors (Lipinski definition) is 0. The van der Waals surface area contributed by atoms with E-state index in [2.05, 4.69) is 19.7 Å². The number of allylic oxidation sites excluding steroid dienone is 5. The van der Waals surface area contributed by atoms with Crippen LogP contribution in [0.2, 0.25) is 0 Å². The lowest BCUT2D eigenvalue weighted by atomic mass is 10.1. The molecule has 0 aromatic rings. The molecule has 0 heteroatoms. The molecule has 0 aliphatic rings. The molecule has 0 aliphatic heterocycles. The molecule has 0 radical (unpaired) electrons. The van der Waals surface area contributed by atoms with E-state index in [1.807, 2.05) is 13.0 Å². The topological polar surface area (TPSA) is 0 Å². The Bertz CT molecular complexity index is 159. The van der Waals surface area contributed by atoms with Crippen LogP contribution in [0.1, 0.15) is 6.92 Å². The maximum Gasteiger partial charge on any atom is -0.0239 e. The van der Waals surface area contributed by atoms with Gasteiger partial charge in [0.2, 0.25) is 0 Å². The summed E-state index contributed by atoms with van der Waals surface area (Å²) in [5, 5.41) is 0. The van der Waals surface area contributed by atoms with Crippen LogP contribution in [0.3, 0.4) is 0 Å². The zero-order valence-electron chi connectivity index (χ0n) is 5.85. The SMILES string of the molecule is C=CC(=C)/C(C=C)=C\C. The molecule has 0 bridgehead atoms. The van der Waals surface area contributed by atoms with E-state index in [9.17, 15) is 0 Å². The number of hydrogen-bond acceptors (Lipinski definition) is 0. The van der Waals surface area contributed by atoms with Gasteiger partial charge in [0, 0.05) is 0 Å². The molecule has 0 aromatic heterocycles. The van der Waals surface area contributed by atoms with Crippen molar-refractivity contribution in [2.75, 3.05) is 0 Å². The van der Waals surface area contributed by atoms with Gasteiger partial charge in [-0.15, -0.1) is 0 Å². The Labute approximate surface area is 56.9 Å². The van der Waals surface area contributed by atoms with E-state index >= 15 is 0 Å². The van der Waals surface area contributed by atoms with E-state index in [0.717, 1.165) is 11.1 Å². The van der Waals surface area contributed by atoms with Crippen molar-refractivity contribution in [3.05, 3.63) is 49.1 Å². The van der Waals surface area contributed by atoms with Crippen LogP contribution >= 0.6 is 0 Å². The largest absolute Gasteiger partial charge is 0.0985 e. The van der Waals surface area contributed by atoms with Crippen molar-refractivity contribution in [1.29, 1.82) is 0 Å². The summed E-state index contributed by atoms with van der Waals surface area (Å²) < 4.78 is 0. The minimum Gasteiger partial charge on any atom is -0.0985 e.